The first-order valence-corrected chi connectivity index (χ1v) is 11.5. The van der Waals surface area contributed by atoms with Gasteiger partial charge in [0.05, 0.1) is 0 Å². The zero-order chi connectivity index (χ0) is 24.7. The summed E-state index contributed by atoms with van der Waals surface area (Å²) in [5.41, 5.74) is 4.30. The zero-order valence-electron chi connectivity index (χ0n) is 19.4. The van der Waals surface area contributed by atoms with E-state index in [9.17, 15) is 10.1 Å². The van der Waals surface area contributed by atoms with Crippen molar-refractivity contribution in [2.24, 2.45) is 0 Å². The fraction of sp³-hybridized carbons (Fsp3) is 0.0667. The number of nitrogens with one attached hydrogen (secondary N) is 1. The van der Waals surface area contributed by atoms with Gasteiger partial charge in [0.15, 0.2) is 11.5 Å². The molecule has 0 spiro atoms. The highest BCUT2D eigenvalue weighted by Crippen LogP contribution is 2.35. The standard InChI is InChI=1S/C30H23N3O3/c31-21-23(30(34)32-24-13-16-28-29(20-24)36-18-17-35-28)19-22-11-14-27(15-12-22)33(25-7-3-1-4-8-25)26-9-5-2-6-10-26/h1-16,19-20H,17-18H2,(H,32,34). The van der Waals surface area contributed by atoms with Crippen LogP contribution in [-0.2, 0) is 4.79 Å². The summed E-state index contributed by atoms with van der Waals surface area (Å²) in [4.78, 5) is 14.9. The molecule has 176 valence electrons. The number of rotatable bonds is 6. The second kappa shape index (κ2) is 10.5. The highest BCUT2D eigenvalue weighted by molar-refractivity contribution is 6.09. The number of hydrogen-bond donors (Lipinski definition) is 1. The molecule has 0 bridgehead atoms. The van der Waals surface area contributed by atoms with Gasteiger partial charge in [-0.25, -0.2) is 0 Å². The average molecular weight is 474 g/mol. The van der Waals surface area contributed by atoms with Crippen LogP contribution in [0.5, 0.6) is 11.5 Å². The minimum absolute atomic E-state index is 0.000568. The molecule has 0 saturated carbocycles. The average Bonchev–Trinajstić information content (AvgIpc) is 2.94. The fourth-order valence-electron chi connectivity index (χ4n) is 3.96. The molecule has 4 aromatic rings. The van der Waals surface area contributed by atoms with Crippen LogP contribution in [0.3, 0.4) is 0 Å². The van der Waals surface area contributed by atoms with Crippen LogP contribution in [0.4, 0.5) is 22.7 Å². The molecule has 0 aliphatic carbocycles. The molecule has 36 heavy (non-hydrogen) atoms. The first-order valence-electron chi connectivity index (χ1n) is 11.5. The largest absolute Gasteiger partial charge is 0.486 e. The number of nitriles is 1. The topological polar surface area (TPSA) is 74.6 Å². The van der Waals surface area contributed by atoms with Crippen molar-refractivity contribution >= 4 is 34.7 Å². The Labute approximate surface area is 209 Å². The molecule has 0 saturated heterocycles. The summed E-state index contributed by atoms with van der Waals surface area (Å²) < 4.78 is 11.1. The Bertz CT molecular complexity index is 1390. The number of para-hydroxylation sites is 2. The summed E-state index contributed by atoms with van der Waals surface area (Å²) in [6.45, 7) is 0.947. The Balaban J connectivity index is 1.37. The highest BCUT2D eigenvalue weighted by Gasteiger charge is 2.15. The highest BCUT2D eigenvalue weighted by atomic mass is 16.6. The molecule has 0 fully saturated rings. The van der Waals surface area contributed by atoms with E-state index in [2.05, 4.69) is 34.5 Å². The van der Waals surface area contributed by atoms with Crippen molar-refractivity contribution in [1.82, 2.24) is 0 Å². The first kappa shape index (κ1) is 22.8. The minimum atomic E-state index is -0.492. The van der Waals surface area contributed by atoms with Crippen molar-refractivity contribution < 1.29 is 14.3 Å². The summed E-state index contributed by atoms with van der Waals surface area (Å²) in [5.74, 6) is 0.711. The third kappa shape index (κ3) is 5.06. The first-order chi connectivity index (χ1) is 17.7. The third-order valence-electron chi connectivity index (χ3n) is 5.66. The van der Waals surface area contributed by atoms with Gasteiger partial charge in [0.1, 0.15) is 24.9 Å². The Morgan fingerprint density at radius 2 is 1.36 bits per heavy atom. The smallest absolute Gasteiger partial charge is 0.266 e. The van der Waals surface area contributed by atoms with E-state index in [4.69, 9.17) is 9.47 Å². The molecule has 0 radical (unpaired) electrons. The summed E-state index contributed by atoms with van der Waals surface area (Å²) in [5, 5.41) is 12.4. The second-order valence-electron chi connectivity index (χ2n) is 8.08. The number of fused-ring (bicyclic) bond motifs is 1. The maximum absolute atomic E-state index is 12.8. The number of amides is 1. The normalized spacial score (nSPS) is 12.4. The number of ether oxygens (including phenoxy) is 2. The molecule has 1 N–H and O–H groups in total. The molecule has 0 unspecified atom stereocenters. The van der Waals surface area contributed by atoms with E-state index in [-0.39, 0.29) is 5.57 Å². The fourth-order valence-corrected chi connectivity index (χ4v) is 3.96. The molecular formula is C30H23N3O3. The van der Waals surface area contributed by atoms with Gasteiger partial charge >= 0.3 is 0 Å². The molecule has 5 rings (SSSR count). The Kier molecular flexibility index (Phi) is 6.63. The summed E-state index contributed by atoms with van der Waals surface area (Å²) >= 11 is 0. The monoisotopic (exact) mass is 473 g/mol. The maximum Gasteiger partial charge on any atom is 0.266 e. The number of carbonyl (C=O) groups is 1. The molecule has 1 amide bonds. The van der Waals surface area contributed by atoms with Gasteiger partial charge in [-0.05, 0) is 60.2 Å². The summed E-state index contributed by atoms with van der Waals surface area (Å²) in [7, 11) is 0. The number of nitrogens with zero attached hydrogens (tertiary/aromatic N) is 2. The lowest BCUT2D eigenvalue weighted by molar-refractivity contribution is -0.112. The van der Waals surface area contributed by atoms with Crippen LogP contribution in [0.15, 0.2) is 109 Å². The molecule has 1 aliphatic heterocycles. The van der Waals surface area contributed by atoms with E-state index < -0.39 is 5.91 Å². The number of hydrogen-bond acceptors (Lipinski definition) is 5. The van der Waals surface area contributed by atoms with Crippen molar-refractivity contribution in [3.8, 4) is 17.6 Å². The van der Waals surface area contributed by atoms with Crippen molar-refractivity contribution in [3.63, 3.8) is 0 Å². The lowest BCUT2D eigenvalue weighted by Crippen LogP contribution is -2.17. The molecule has 4 aromatic carbocycles. The second-order valence-corrected chi connectivity index (χ2v) is 8.08. The zero-order valence-corrected chi connectivity index (χ0v) is 19.4. The number of benzene rings is 4. The van der Waals surface area contributed by atoms with Crippen LogP contribution < -0.4 is 19.7 Å². The van der Waals surface area contributed by atoms with Crippen LogP contribution >= 0.6 is 0 Å². The number of carbonyl (C=O) groups excluding carboxylic acids is 1. The molecule has 6 nitrogen and oxygen atoms in total. The van der Waals surface area contributed by atoms with Crippen LogP contribution in [0.2, 0.25) is 0 Å². The Morgan fingerprint density at radius 3 is 1.97 bits per heavy atom. The van der Waals surface area contributed by atoms with Gasteiger partial charge in [-0.15, -0.1) is 0 Å². The molecule has 1 heterocycles. The van der Waals surface area contributed by atoms with Gasteiger partial charge < -0.3 is 19.7 Å². The van der Waals surface area contributed by atoms with E-state index in [1.54, 1.807) is 24.3 Å². The predicted octanol–water partition coefficient (Wildman–Crippen LogP) is 6.47. The quantitative estimate of drug-likeness (QED) is 0.256. The van der Waals surface area contributed by atoms with Gasteiger partial charge in [-0.3, -0.25) is 4.79 Å². The lowest BCUT2D eigenvalue weighted by Gasteiger charge is -2.25. The van der Waals surface area contributed by atoms with E-state index in [0.29, 0.717) is 30.4 Å². The predicted molar refractivity (Wildman–Crippen MR) is 141 cm³/mol. The molecule has 1 aliphatic rings. The van der Waals surface area contributed by atoms with Gasteiger partial charge in [0, 0.05) is 28.8 Å². The molecule has 6 heteroatoms. The van der Waals surface area contributed by atoms with Crippen molar-refractivity contribution in [1.29, 1.82) is 5.26 Å². The van der Waals surface area contributed by atoms with Crippen molar-refractivity contribution in [3.05, 3.63) is 114 Å². The van der Waals surface area contributed by atoms with Gasteiger partial charge in [-0.2, -0.15) is 5.26 Å². The molecule has 0 aromatic heterocycles. The van der Waals surface area contributed by atoms with Gasteiger partial charge in [0.2, 0.25) is 0 Å². The van der Waals surface area contributed by atoms with Crippen molar-refractivity contribution in [2.75, 3.05) is 23.4 Å². The van der Waals surface area contributed by atoms with Gasteiger partial charge in [-0.1, -0.05) is 48.5 Å². The van der Waals surface area contributed by atoms with E-state index in [1.807, 2.05) is 66.7 Å². The molecular weight excluding hydrogens is 450 g/mol. The minimum Gasteiger partial charge on any atom is -0.486 e. The van der Waals surface area contributed by atoms with E-state index in [0.717, 1.165) is 22.6 Å². The maximum atomic E-state index is 12.8. The van der Waals surface area contributed by atoms with Crippen LogP contribution in [0, 0.1) is 11.3 Å². The Hall–Kier alpha value is -5.02. The van der Waals surface area contributed by atoms with Crippen LogP contribution in [0.1, 0.15) is 5.56 Å². The van der Waals surface area contributed by atoms with E-state index >= 15 is 0 Å². The van der Waals surface area contributed by atoms with Crippen LogP contribution in [-0.4, -0.2) is 19.1 Å². The number of anilines is 4. The van der Waals surface area contributed by atoms with E-state index in [1.165, 1.54) is 0 Å². The Morgan fingerprint density at radius 1 is 0.778 bits per heavy atom. The summed E-state index contributed by atoms with van der Waals surface area (Å²) in [6.07, 6.45) is 1.58. The molecule has 0 atom stereocenters. The summed E-state index contributed by atoms with van der Waals surface area (Å²) in [6, 6.07) is 35.1. The SMILES string of the molecule is N#CC(=Cc1ccc(N(c2ccccc2)c2ccccc2)cc1)C(=O)Nc1ccc2c(c1)OCCO2. The van der Waals surface area contributed by atoms with Gasteiger partial charge in [0.25, 0.3) is 5.91 Å². The third-order valence-corrected chi connectivity index (χ3v) is 5.66. The van der Waals surface area contributed by atoms with Crippen LogP contribution in [0.25, 0.3) is 6.08 Å². The lowest BCUT2D eigenvalue weighted by atomic mass is 10.1. The van der Waals surface area contributed by atoms with Crippen molar-refractivity contribution in [2.45, 2.75) is 0 Å².